The summed E-state index contributed by atoms with van der Waals surface area (Å²) in [5.74, 6) is 1.57. The number of terminal acetylenes is 1. The zero-order valence-corrected chi connectivity index (χ0v) is 9.41. The molecule has 89 valence electrons. The smallest absolute Gasteiger partial charge is 0.148 e. The molecule has 0 aliphatic rings. The van der Waals surface area contributed by atoms with Gasteiger partial charge in [-0.05, 0) is 18.2 Å². The Bertz CT molecular complexity index is 600. The maximum absolute atomic E-state index is 13.7. The second-order valence-electron chi connectivity index (χ2n) is 3.53. The highest BCUT2D eigenvalue weighted by Gasteiger charge is 2.11. The highest BCUT2D eigenvalue weighted by molar-refractivity contribution is 5.70. The van der Waals surface area contributed by atoms with Crippen LogP contribution in [0.4, 0.5) is 8.78 Å². The van der Waals surface area contributed by atoms with E-state index in [9.17, 15) is 8.78 Å². The van der Waals surface area contributed by atoms with Gasteiger partial charge in [0.25, 0.3) is 0 Å². The van der Waals surface area contributed by atoms with Gasteiger partial charge >= 0.3 is 0 Å². The SMILES string of the molecule is C#CCOc1[c]cccc1-c1cc(F)ccc1F. The molecule has 1 nitrogen and oxygen atoms in total. The quantitative estimate of drug-likeness (QED) is 0.750. The van der Waals surface area contributed by atoms with Gasteiger partial charge in [-0.15, -0.1) is 6.42 Å². The second kappa shape index (κ2) is 5.33. The maximum atomic E-state index is 13.7. The van der Waals surface area contributed by atoms with Gasteiger partial charge in [0.1, 0.15) is 24.0 Å². The third-order valence-corrected chi connectivity index (χ3v) is 2.34. The van der Waals surface area contributed by atoms with Crippen molar-refractivity contribution in [3.8, 4) is 29.2 Å². The number of halogens is 2. The fourth-order valence-electron chi connectivity index (χ4n) is 1.57. The van der Waals surface area contributed by atoms with Gasteiger partial charge in [-0.2, -0.15) is 0 Å². The van der Waals surface area contributed by atoms with E-state index in [-0.39, 0.29) is 12.2 Å². The van der Waals surface area contributed by atoms with Crippen LogP contribution in [0.5, 0.6) is 5.75 Å². The molecule has 2 rings (SSSR count). The largest absolute Gasteiger partial charge is 0.480 e. The molecule has 0 saturated carbocycles. The standard InChI is InChI=1S/C15H9F2O/c1-2-9-18-15-6-4-3-5-12(15)13-10-11(16)7-8-14(13)17/h1,3-5,7-8,10H,9H2. The van der Waals surface area contributed by atoms with E-state index in [0.29, 0.717) is 11.3 Å². The first kappa shape index (κ1) is 12.1. The lowest BCUT2D eigenvalue weighted by molar-refractivity contribution is 0.371. The van der Waals surface area contributed by atoms with Crippen molar-refractivity contribution in [1.29, 1.82) is 0 Å². The Morgan fingerprint density at radius 2 is 2.06 bits per heavy atom. The summed E-state index contributed by atoms with van der Waals surface area (Å²) in [6.45, 7) is 0.0461. The summed E-state index contributed by atoms with van der Waals surface area (Å²) < 4.78 is 32.1. The van der Waals surface area contributed by atoms with Crippen LogP contribution in [0.25, 0.3) is 11.1 Å². The first-order valence-electron chi connectivity index (χ1n) is 5.25. The summed E-state index contributed by atoms with van der Waals surface area (Å²) in [5, 5.41) is 0. The Morgan fingerprint density at radius 1 is 1.22 bits per heavy atom. The van der Waals surface area contributed by atoms with Crippen molar-refractivity contribution in [3.05, 3.63) is 54.1 Å². The van der Waals surface area contributed by atoms with Gasteiger partial charge in [-0.3, -0.25) is 0 Å². The number of para-hydroxylation sites is 1. The van der Waals surface area contributed by atoms with E-state index in [1.165, 1.54) is 0 Å². The molecule has 0 saturated heterocycles. The lowest BCUT2D eigenvalue weighted by Gasteiger charge is -2.10. The zero-order chi connectivity index (χ0) is 13.0. The van der Waals surface area contributed by atoms with Gasteiger partial charge in [0.15, 0.2) is 0 Å². The highest BCUT2D eigenvalue weighted by atomic mass is 19.1. The molecule has 0 aliphatic carbocycles. The molecule has 3 heteroatoms. The van der Waals surface area contributed by atoms with Crippen LogP contribution >= 0.6 is 0 Å². The number of benzene rings is 2. The molecule has 0 atom stereocenters. The fourth-order valence-corrected chi connectivity index (χ4v) is 1.57. The van der Waals surface area contributed by atoms with Crippen LogP contribution in [0.15, 0.2) is 36.4 Å². The number of ether oxygens (including phenoxy) is 1. The van der Waals surface area contributed by atoms with Crippen molar-refractivity contribution in [2.24, 2.45) is 0 Å². The molecular weight excluding hydrogens is 234 g/mol. The fraction of sp³-hybridized carbons (Fsp3) is 0.0667. The molecule has 0 bridgehead atoms. The van der Waals surface area contributed by atoms with E-state index in [0.717, 1.165) is 18.2 Å². The molecule has 0 aromatic heterocycles. The van der Waals surface area contributed by atoms with Crippen LogP contribution in [-0.2, 0) is 0 Å². The topological polar surface area (TPSA) is 9.23 Å². The van der Waals surface area contributed by atoms with Crippen molar-refractivity contribution in [2.75, 3.05) is 6.61 Å². The van der Waals surface area contributed by atoms with Crippen LogP contribution in [-0.4, -0.2) is 6.61 Å². The van der Waals surface area contributed by atoms with E-state index < -0.39 is 11.6 Å². The average Bonchev–Trinajstić information content (AvgIpc) is 2.39. The van der Waals surface area contributed by atoms with E-state index in [1.54, 1.807) is 18.2 Å². The van der Waals surface area contributed by atoms with Crippen molar-refractivity contribution >= 4 is 0 Å². The van der Waals surface area contributed by atoms with Gasteiger partial charge in [0.2, 0.25) is 0 Å². The Hall–Kier alpha value is -2.34. The molecule has 0 N–H and O–H groups in total. The summed E-state index contributed by atoms with van der Waals surface area (Å²) >= 11 is 0. The van der Waals surface area contributed by atoms with E-state index >= 15 is 0 Å². The lowest BCUT2D eigenvalue weighted by atomic mass is 10.0. The first-order chi connectivity index (χ1) is 8.72. The molecule has 2 aromatic rings. The minimum atomic E-state index is -0.526. The first-order valence-corrected chi connectivity index (χ1v) is 5.25. The molecule has 0 amide bonds. The van der Waals surface area contributed by atoms with Crippen molar-refractivity contribution in [3.63, 3.8) is 0 Å². The number of hydrogen-bond acceptors (Lipinski definition) is 1. The molecule has 0 heterocycles. The average molecular weight is 243 g/mol. The second-order valence-corrected chi connectivity index (χ2v) is 3.53. The predicted octanol–water partition coefficient (Wildman–Crippen LogP) is 3.44. The number of hydrogen-bond donors (Lipinski definition) is 0. The summed E-state index contributed by atoms with van der Waals surface area (Å²) in [5.41, 5.74) is 0.545. The van der Waals surface area contributed by atoms with Crippen LogP contribution in [0, 0.1) is 30.0 Å². The minimum Gasteiger partial charge on any atom is -0.480 e. The van der Waals surface area contributed by atoms with Gasteiger partial charge in [0, 0.05) is 17.2 Å². The molecule has 1 radical (unpaired) electrons. The zero-order valence-electron chi connectivity index (χ0n) is 9.41. The van der Waals surface area contributed by atoms with Gasteiger partial charge < -0.3 is 4.74 Å². The molecule has 2 aromatic carbocycles. The van der Waals surface area contributed by atoms with Crippen LogP contribution in [0.3, 0.4) is 0 Å². The number of rotatable bonds is 3. The summed E-state index contributed by atoms with van der Waals surface area (Å²) in [4.78, 5) is 0. The van der Waals surface area contributed by atoms with Crippen molar-refractivity contribution in [1.82, 2.24) is 0 Å². The molecular formula is C15H9F2O. The molecule has 0 aliphatic heterocycles. The van der Waals surface area contributed by atoms with E-state index in [1.807, 2.05) is 0 Å². The Balaban J connectivity index is 2.50. The maximum Gasteiger partial charge on any atom is 0.148 e. The molecule has 0 spiro atoms. The minimum absolute atomic E-state index is 0.0461. The van der Waals surface area contributed by atoms with Gasteiger partial charge in [0.05, 0.1) is 0 Å². The molecule has 18 heavy (non-hydrogen) atoms. The Morgan fingerprint density at radius 3 is 2.83 bits per heavy atom. The van der Waals surface area contributed by atoms with Crippen molar-refractivity contribution in [2.45, 2.75) is 0 Å². The predicted molar refractivity (Wildman–Crippen MR) is 65.0 cm³/mol. The summed E-state index contributed by atoms with van der Waals surface area (Å²) in [7, 11) is 0. The Kier molecular flexibility index (Phi) is 3.59. The van der Waals surface area contributed by atoms with E-state index in [2.05, 4.69) is 12.0 Å². The van der Waals surface area contributed by atoms with Crippen LogP contribution in [0.2, 0.25) is 0 Å². The van der Waals surface area contributed by atoms with Gasteiger partial charge in [-0.25, -0.2) is 8.78 Å². The third-order valence-electron chi connectivity index (χ3n) is 2.34. The highest BCUT2D eigenvalue weighted by Crippen LogP contribution is 2.31. The summed E-state index contributed by atoms with van der Waals surface area (Å²) in [6, 6.07) is 11.0. The normalized spacial score (nSPS) is 9.83. The van der Waals surface area contributed by atoms with Gasteiger partial charge in [-0.1, -0.05) is 24.1 Å². The third kappa shape index (κ3) is 2.49. The molecule has 0 unspecified atom stereocenters. The Labute approximate surface area is 104 Å². The van der Waals surface area contributed by atoms with Crippen LogP contribution < -0.4 is 4.74 Å². The lowest BCUT2D eigenvalue weighted by Crippen LogP contribution is -1.97. The van der Waals surface area contributed by atoms with Crippen molar-refractivity contribution < 1.29 is 13.5 Å². The van der Waals surface area contributed by atoms with E-state index in [4.69, 9.17) is 11.2 Å². The summed E-state index contributed by atoms with van der Waals surface area (Å²) in [6.07, 6.45) is 5.10. The molecule has 0 fully saturated rings. The van der Waals surface area contributed by atoms with Crippen LogP contribution in [0.1, 0.15) is 0 Å². The monoisotopic (exact) mass is 243 g/mol.